The molecule has 1 aliphatic rings. The molecule has 1 aliphatic heterocycles. The van der Waals surface area contributed by atoms with E-state index in [0.29, 0.717) is 0 Å². The monoisotopic (exact) mass is 436 g/mol. The number of likely N-dealkylation sites (tertiary alicyclic amines) is 1. The summed E-state index contributed by atoms with van der Waals surface area (Å²) >= 11 is 1.64. The van der Waals surface area contributed by atoms with Crippen molar-refractivity contribution >= 4 is 49.7 Å². The molecule has 156 valence electrons. The number of carbonyl (C=O) groups excluding carboxylic acids is 1. The van der Waals surface area contributed by atoms with E-state index in [2.05, 4.69) is 51.7 Å². The lowest BCUT2D eigenvalue weighted by Crippen LogP contribution is -2.41. The lowest BCUT2D eigenvalue weighted by molar-refractivity contribution is 0.0652. The Morgan fingerprint density at radius 2 is 1.72 bits per heavy atom. The minimum atomic E-state index is 0.120. The van der Waals surface area contributed by atoms with Crippen molar-refractivity contribution in [1.82, 2.24) is 14.9 Å². The highest BCUT2D eigenvalue weighted by Gasteiger charge is 2.21. The maximum Gasteiger partial charge on any atom is 0.253 e. The second-order valence-corrected chi connectivity index (χ2v) is 8.86. The van der Waals surface area contributed by atoms with Gasteiger partial charge in [-0.1, -0.05) is 24.3 Å². The first-order chi connectivity index (χ1) is 15.7. The van der Waals surface area contributed by atoms with Crippen LogP contribution in [0.4, 0.5) is 11.4 Å². The SMILES string of the molecule is O=C(c1ccc(-c2ccc3c(Nc4ccc5scnc5c4)ccnc3c2)cc1)N1CCC1. The molecule has 0 aliphatic carbocycles. The van der Waals surface area contributed by atoms with E-state index in [-0.39, 0.29) is 5.91 Å². The summed E-state index contributed by atoms with van der Waals surface area (Å²) in [5, 5.41) is 4.57. The molecule has 3 aromatic carbocycles. The normalized spacial score (nSPS) is 13.3. The predicted octanol–water partition coefficient (Wildman–Crippen LogP) is 6.10. The topological polar surface area (TPSA) is 58.1 Å². The number of amides is 1. The van der Waals surface area contributed by atoms with Gasteiger partial charge >= 0.3 is 0 Å². The zero-order valence-electron chi connectivity index (χ0n) is 17.3. The zero-order chi connectivity index (χ0) is 21.5. The molecule has 0 radical (unpaired) electrons. The molecule has 0 saturated carbocycles. The van der Waals surface area contributed by atoms with Crippen molar-refractivity contribution < 1.29 is 4.79 Å². The van der Waals surface area contributed by atoms with E-state index in [1.807, 2.05) is 46.9 Å². The summed E-state index contributed by atoms with van der Waals surface area (Å²) in [5.74, 6) is 0.120. The third-order valence-electron chi connectivity index (χ3n) is 5.96. The molecule has 0 atom stereocenters. The molecule has 0 spiro atoms. The first-order valence-corrected chi connectivity index (χ1v) is 11.5. The van der Waals surface area contributed by atoms with Crippen LogP contribution in [-0.4, -0.2) is 33.9 Å². The van der Waals surface area contributed by atoms with Crippen LogP contribution in [0.1, 0.15) is 16.8 Å². The number of hydrogen-bond acceptors (Lipinski definition) is 5. The van der Waals surface area contributed by atoms with Crippen molar-refractivity contribution in [2.45, 2.75) is 6.42 Å². The van der Waals surface area contributed by atoms with Crippen LogP contribution in [0.3, 0.4) is 0 Å². The lowest BCUT2D eigenvalue weighted by Gasteiger charge is -2.30. The van der Waals surface area contributed by atoms with Crippen LogP contribution in [0.25, 0.3) is 32.2 Å². The van der Waals surface area contributed by atoms with Crippen LogP contribution in [0.5, 0.6) is 0 Å². The summed E-state index contributed by atoms with van der Waals surface area (Å²) in [5.41, 5.74) is 8.69. The van der Waals surface area contributed by atoms with Gasteiger partial charge in [0.25, 0.3) is 5.91 Å². The second-order valence-electron chi connectivity index (χ2n) is 7.97. The number of thiazole rings is 1. The van der Waals surface area contributed by atoms with Gasteiger partial charge in [-0.3, -0.25) is 9.78 Å². The molecule has 2 aromatic heterocycles. The minimum absolute atomic E-state index is 0.120. The standard InChI is InChI=1S/C26H20N4OS/c31-26(30-12-1-13-30)18-4-2-17(3-5-18)19-6-8-21-22(10-11-27-23(21)14-19)29-20-7-9-25-24(15-20)28-16-32-25/h2-11,14-16H,1,12-13H2,(H,27,29). The van der Waals surface area contributed by atoms with E-state index in [9.17, 15) is 4.79 Å². The summed E-state index contributed by atoms with van der Waals surface area (Å²) in [6.45, 7) is 1.73. The summed E-state index contributed by atoms with van der Waals surface area (Å²) in [7, 11) is 0. The molecule has 0 unspecified atom stereocenters. The van der Waals surface area contributed by atoms with Crippen molar-refractivity contribution in [2.24, 2.45) is 0 Å². The average molecular weight is 437 g/mol. The van der Waals surface area contributed by atoms with E-state index in [4.69, 9.17) is 0 Å². The number of pyridine rings is 1. The predicted molar refractivity (Wildman–Crippen MR) is 131 cm³/mol. The first kappa shape index (κ1) is 19.0. The number of nitrogens with zero attached hydrogens (tertiary/aromatic N) is 3. The van der Waals surface area contributed by atoms with Crippen molar-refractivity contribution in [1.29, 1.82) is 0 Å². The molecule has 6 rings (SSSR count). The van der Waals surface area contributed by atoms with Gasteiger partial charge < -0.3 is 10.2 Å². The van der Waals surface area contributed by atoms with Gasteiger partial charge in [-0.05, 0) is 60.0 Å². The fourth-order valence-electron chi connectivity index (χ4n) is 4.03. The van der Waals surface area contributed by atoms with E-state index in [1.165, 1.54) is 4.70 Å². The number of rotatable bonds is 4. The number of nitrogens with one attached hydrogen (secondary N) is 1. The molecule has 1 saturated heterocycles. The average Bonchev–Trinajstić information content (AvgIpc) is 3.26. The Kier molecular flexibility index (Phi) is 4.58. The number of benzene rings is 3. The van der Waals surface area contributed by atoms with Crippen LogP contribution in [0.2, 0.25) is 0 Å². The molecule has 1 amide bonds. The minimum Gasteiger partial charge on any atom is -0.355 e. The second kappa shape index (κ2) is 7.73. The Morgan fingerprint density at radius 1 is 0.875 bits per heavy atom. The molecule has 32 heavy (non-hydrogen) atoms. The van der Waals surface area contributed by atoms with Gasteiger partial charge in [0.05, 0.1) is 21.2 Å². The fraction of sp³-hybridized carbons (Fsp3) is 0.115. The Hall–Kier alpha value is -3.77. The van der Waals surface area contributed by atoms with E-state index < -0.39 is 0 Å². The molecule has 1 N–H and O–H groups in total. The highest BCUT2D eigenvalue weighted by Crippen LogP contribution is 2.31. The maximum absolute atomic E-state index is 12.4. The molecule has 3 heterocycles. The third-order valence-corrected chi connectivity index (χ3v) is 6.77. The van der Waals surface area contributed by atoms with Gasteiger partial charge in [0.1, 0.15) is 0 Å². The molecular formula is C26H20N4OS. The number of aromatic nitrogens is 2. The quantitative estimate of drug-likeness (QED) is 0.370. The molecule has 1 fully saturated rings. The Labute approximate surface area is 189 Å². The van der Waals surface area contributed by atoms with E-state index >= 15 is 0 Å². The van der Waals surface area contributed by atoms with Gasteiger partial charge in [-0.25, -0.2) is 4.98 Å². The molecule has 0 bridgehead atoms. The summed E-state index contributed by atoms with van der Waals surface area (Å²) in [4.78, 5) is 23.3. The lowest BCUT2D eigenvalue weighted by atomic mass is 10.0. The van der Waals surface area contributed by atoms with Crippen molar-refractivity contribution in [3.8, 4) is 11.1 Å². The van der Waals surface area contributed by atoms with Crippen molar-refractivity contribution in [2.75, 3.05) is 18.4 Å². The molecule has 6 heteroatoms. The van der Waals surface area contributed by atoms with Gasteiger partial charge in [-0.2, -0.15) is 0 Å². The van der Waals surface area contributed by atoms with Crippen molar-refractivity contribution in [3.05, 3.63) is 84.0 Å². The number of carbonyl (C=O) groups is 1. The van der Waals surface area contributed by atoms with Crippen LogP contribution in [-0.2, 0) is 0 Å². The molecule has 5 aromatic rings. The van der Waals surface area contributed by atoms with Crippen LogP contribution < -0.4 is 5.32 Å². The summed E-state index contributed by atoms with van der Waals surface area (Å²) in [6.07, 6.45) is 2.93. The van der Waals surface area contributed by atoms with Gasteiger partial charge in [0, 0.05) is 41.6 Å². The summed E-state index contributed by atoms with van der Waals surface area (Å²) in [6, 6.07) is 22.4. The Bertz CT molecular complexity index is 1450. The molecule has 5 nitrogen and oxygen atoms in total. The summed E-state index contributed by atoms with van der Waals surface area (Å²) < 4.78 is 1.18. The Morgan fingerprint density at radius 3 is 2.53 bits per heavy atom. The highest BCUT2D eigenvalue weighted by molar-refractivity contribution is 7.16. The Balaban J connectivity index is 1.29. The van der Waals surface area contributed by atoms with E-state index in [0.717, 1.165) is 64.0 Å². The first-order valence-electron chi connectivity index (χ1n) is 10.6. The maximum atomic E-state index is 12.4. The fourth-order valence-corrected chi connectivity index (χ4v) is 4.69. The van der Waals surface area contributed by atoms with Crippen LogP contribution >= 0.6 is 11.3 Å². The number of fused-ring (bicyclic) bond motifs is 2. The molecular weight excluding hydrogens is 416 g/mol. The van der Waals surface area contributed by atoms with Gasteiger partial charge in [-0.15, -0.1) is 11.3 Å². The number of anilines is 2. The van der Waals surface area contributed by atoms with E-state index in [1.54, 1.807) is 11.3 Å². The van der Waals surface area contributed by atoms with Crippen molar-refractivity contribution in [3.63, 3.8) is 0 Å². The van der Waals surface area contributed by atoms with Crippen LogP contribution in [0.15, 0.2) is 78.4 Å². The van der Waals surface area contributed by atoms with Crippen LogP contribution in [0, 0.1) is 0 Å². The zero-order valence-corrected chi connectivity index (χ0v) is 18.1. The number of hydrogen-bond donors (Lipinski definition) is 1. The smallest absolute Gasteiger partial charge is 0.253 e. The third kappa shape index (κ3) is 3.39. The largest absolute Gasteiger partial charge is 0.355 e. The van der Waals surface area contributed by atoms with Gasteiger partial charge in [0.2, 0.25) is 0 Å². The van der Waals surface area contributed by atoms with Gasteiger partial charge in [0.15, 0.2) is 0 Å². The highest BCUT2D eigenvalue weighted by atomic mass is 32.1.